The van der Waals surface area contributed by atoms with E-state index in [2.05, 4.69) is 11.2 Å². The number of anilines is 1. The molecule has 0 spiro atoms. The Morgan fingerprint density at radius 3 is 3.18 bits per heavy atom. The van der Waals surface area contributed by atoms with Crippen molar-refractivity contribution in [3.8, 4) is 0 Å². The monoisotopic (exact) mass is 147 g/mol. The molecule has 1 N–H and O–H groups in total. The van der Waals surface area contributed by atoms with Crippen LogP contribution in [0, 0.1) is 6.20 Å². The van der Waals surface area contributed by atoms with Crippen LogP contribution in [0.4, 0.5) is 5.82 Å². The second kappa shape index (κ2) is 2.54. The molecule has 1 aromatic rings. The lowest BCUT2D eigenvalue weighted by Gasteiger charge is -2.16. The number of nitrogens with one attached hydrogen (secondary N) is 1. The second-order valence-corrected chi connectivity index (χ2v) is 2.08. The van der Waals surface area contributed by atoms with Gasteiger partial charge in [0.2, 0.25) is 0 Å². The van der Waals surface area contributed by atoms with Gasteiger partial charge in [-0.25, -0.2) is 0 Å². The highest BCUT2D eigenvalue weighted by atomic mass is 16.7. The molecule has 2 heterocycles. The molecule has 0 amide bonds. The van der Waals surface area contributed by atoms with E-state index in [9.17, 15) is 0 Å². The molecular weight excluding hydrogens is 140 g/mol. The lowest BCUT2D eigenvalue weighted by molar-refractivity contribution is 0.237. The lowest BCUT2D eigenvalue weighted by Crippen LogP contribution is -2.15. The summed E-state index contributed by atoms with van der Waals surface area (Å²) in [7, 11) is 0. The summed E-state index contributed by atoms with van der Waals surface area (Å²) in [6.45, 7) is 0. The quantitative estimate of drug-likeness (QED) is 0.653. The largest absolute Gasteiger partial charge is 0.381 e. The first kappa shape index (κ1) is 6.09. The predicted molar refractivity (Wildman–Crippen MR) is 41.3 cm³/mol. The van der Waals surface area contributed by atoms with Gasteiger partial charge >= 0.3 is 0 Å². The van der Waals surface area contributed by atoms with Gasteiger partial charge < -0.3 is 9.82 Å². The average Bonchev–Trinajstić information content (AvgIpc) is 2.58. The van der Waals surface area contributed by atoms with E-state index in [0.29, 0.717) is 0 Å². The van der Waals surface area contributed by atoms with Crippen molar-refractivity contribution in [2.45, 2.75) is 0 Å². The summed E-state index contributed by atoms with van der Waals surface area (Å²) < 4.78 is 0. The first-order valence-corrected chi connectivity index (χ1v) is 3.31. The molecule has 1 aromatic heterocycles. The van der Waals surface area contributed by atoms with E-state index >= 15 is 0 Å². The van der Waals surface area contributed by atoms with Crippen LogP contribution in [0.5, 0.6) is 0 Å². The normalized spacial score (nSPS) is 15.1. The molecule has 0 bridgehead atoms. The van der Waals surface area contributed by atoms with E-state index < -0.39 is 0 Å². The molecular formula is C8H7N2O. The zero-order chi connectivity index (χ0) is 7.52. The predicted octanol–water partition coefficient (Wildman–Crippen LogP) is 1.60. The third-order valence-electron chi connectivity index (χ3n) is 1.33. The molecule has 0 saturated heterocycles. The van der Waals surface area contributed by atoms with Crippen molar-refractivity contribution in [1.29, 1.82) is 0 Å². The number of hydrogen-bond acceptors (Lipinski definition) is 2. The van der Waals surface area contributed by atoms with Crippen molar-refractivity contribution < 1.29 is 4.84 Å². The molecule has 3 nitrogen and oxygen atoms in total. The van der Waals surface area contributed by atoms with Crippen molar-refractivity contribution in [1.82, 2.24) is 4.98 Å². The van der Waals surface area contributed by atoms with Crippen LogP contribution >= 0.6 is 0 Å². The highest BCUT2D eigenvalue weighted by Gasteiger charge is 2.04. The maximum atomic E-state index is 5.10. The molecule has 0 atom stereocenters. The van der Waals surface area contributed by atoms with Crippen molar-refractivity contribution >= 4 is 5.82 Å². The Balaban J connectivity index is 2.19. The summed E-state index contributed by atoms with van der Waals surface area (Å²) in [5.41, 5.74) is 0. The molecule has 1 aliphatic heterocycles. The van der Waals surface area contributed by atoms with Gasteiger partial charge in [0.1, 0.15) is 18.3 Å². The van der Waals surface area contributed by atoms with Crippen molar-refractivity contribution in [2.24, 2.45) is 0 Å². The van der Waals surface area contributed by atoms with E-state index in [0.717, 1.165) is 5.82 Å². The lowest BCUT2D eigenvalue weighted by atomic mass is 10.5. The Bertz CT molecular complexity index is 274. The topological polar surface area (TPSA) is 28.3 Å². The smallest absolute Gasteiger partial charge is 0.147 e. The molecule has 0 fully saturated rings. The standard InChI is InChI=1S/C8H7N2O/c1-2-7-11-10(6-1)8-4-3-5-9-8/h1-5,7,9H. The molecule has 0 aliphatic carbocycles. The van der Waals surface area contributed by atoms with Crippen LogP contribution in [-0.4, -0.2) is 4.98 Å². The Hall–Kier alpha value is -1.64. The van der Waals surface area contributed by atoms with Gasteiger partial charge in [0.25, 0.3) is 0 Å². The van der Waals surface area contributed by atoms with E-state index in [1.54, 1.807) is 18.4 Å². The van der Waals surface area contributed by atoms with Gasteiger partial charge in [0, 0.05) is 6.20 Å². The Morgan fingerprint density at radius 1 is 1.55 bits per heavy atom. The maximum absolute atomic E-state index is 5.10. The SMILES string of the molecule is [C]1=CC=CON1c1ccc[nH]1. The fourth-order valence-electron chi connectivity index (χ4n) is 0.850. The van der Waals surface area contributed by atoms with E-state index in [1.165, 1.54) is 5.06 Å². The highest BCUT2D eigenvalue weighted by Crippen LogP contribution is 2.12. The number of H-pyrrole nitrogens is 1. The zero-order valence-corrected chi connectivity index (χ0v) is 5.82. The number of aromatic amines is 1. The first-order valence-electron chi connectivity index (χ1n) is 3.31. The molecule has 1 aliphatic rings. The molecule has 11 heavy (non-hydrogen) atoms. The van der Waals surface area contributed by atoms with E-state index in [-0.39, 0.29) is 0 Å². The van der Waals surface area contributed by atoms with Gasteiger partial charge in [-0.1, -0.05) is 0 Å². The Labute approximate surface area is 64.5 Å². The van der Waals surface area contributed by atoms with Crippen molar-refractivity contribution in [3.05, 3.63) is 42.9 Å². The fraction of sp³-hybridized carbons (Fsp3) is 0. The Kier molecular flexibility index (Phi) is 1.41. The molecule has 0 aromatic carbocycles. The third-order valence-corrected chi connectivity index (χ3v) is 1.33. The average molecular weight is 147 g/mol. The zero-order valence-electron chi connectivity index (χ0n) is 5.82. The summed E-state index contributed by atoms with van der Waals surface area (Å²) >= 11 is 0. The minimum atomic E-state index is 0.866. The van der Waals surface area contributed by atoms with Crippen molar-refractivity contribution in [3.63, 3.8) is 0 Å². The second-order valence-electron chi connectivity index (χ2n) is 2.08. The number of allylic oxidation sites excluding steroid dienone is 2. The number of hydrogen-bond donors (Lipinski definition) is 1. The number of hydroxylamine groups is 1. The van der Waals surface area contributed by atoms with Gasteiger partial charge in [-0.2, -0.15) is 5.06 Å². The van der Waals surface area contributed by atoms with Gasteiger partial charge in [0.15, 0.2) is 0 Å². The summed E-state index contributed by atoms with van der Waals surface area (Å²) in [6, 6.07) is 3.80. The van der Waals surface area contributed by atoms with Crippen LogP contribution in [0.15, 0.2) is 36.7 Å². The molecule has 2 rings (SSSR count). The van der Waals surface area contributed by atoms with E-state index in [4.69, 9.17) is 4.84 Å². The van der Waals surface area contributed by atoms with Gasteiger partial charge in [-0.3, -0.25) is 0 Å². The summed E-state index contributed by atoms with van der Waals surface area (Å²) in [6.07, 6.45) is 9.88. The summed E-state index contributed by atoms with van der Waals surface area (Å²) in [4.78, 5) is 8.09. The van der Waals surface area contributed by atoms with Crippen LogP contribution in [0.25, 0.3) is 0 Å². The minimum Gasteiger partial charge on any atom is -0.381 e. The molecule has 0 saturated carbocycles. The van der Waals surface area contributed by atoms with Crippen LogP contribution in [0.3, 0.4) is 0 Å². The maximum Gasteiger partial charge on any atom is 0.147 e. The number of aromatic nitrogens is 1. The number of rotatable bonds is 1. The fourth-order valence-corrected chi connectivity index (χ4v) is 0.850. The van der Waals surface area contributed by atoms with Gasteiger partial charge in [-0.05, 0) is 24.3 Å². The summed E-state index contributed by atoms with van der Waals surface area (Å²) in [5.74, 6) is 0.866. The minimum absolute atomic E-state index is 0.866. The molecule has 55 valence electrons. The molecule has 1 radical (unpaired) electrons. The third kappa shape index (κ3) is 1.12. The van der Waals surface area contributed by atoms with Crippen LogP contribution in [0.2, 0.25) is 0 Å². The van der Waals surface area contributed by atoms with E-state index in [1.807, 2.05) is 18.3 Å². The molecule has 3 heteroatoms. The summed E-state index contributed by atoms with van der Waals surface area (Å²) in [5, 5.41) is 1.53. The van der Waals surface area contributed by atoms with Crippen LogP contribution in [-0.2, 0) is 4.84 Å². The van der Waals surface area contributed by atoms with Gasteiger partial charge in [-0.15, -0.1) is 0 Å². The highest BCUT2D eigenvalue weighted by molar-refractivity contribution is 5.38. The van der Waals surface area contributed by atoms with Crippen LogP contribution < -0.4 is 5.06 Å². The first-order chi connectivity index (χ1) is 5.47. The Morgan fingerprint density at radius 2 is 2.55 bits per heavy atom. The van der Waals surface area contributed by atoms with Crippen molar-refractivity contribution in [2.75, 3.05) is 5.06 Å². The van der Waals surface area contributed by atoms with Gasteiger partial charge in [0.05, 0.1) is 0 Å². The number of nitrogens with zero attached hydrogens (tertiary/aromatic N) is 1. The van der Waals surface area contributed by atoms with Crippen LogP contribution in [0.1, 0.15) is 0 Å². The molecule has 0 unspecified atom stereocenters.